The molecule has 4 heterocycles. The molecule has 32 heavy (non-hydrogen) atoms. The predicted octanol–water partition coefficient (Wildman–Crippen LogP) is 2.15. The molecule has 4 aliphatic rings. The number of amides is 2. The fourth-order valence-corrected chi connectivity index (χ4v) is 7.87. The Kier molecular flexibility index (Phi) is 6.73. The minimum absolute atomic E-state index is 0.0582. The van der Waals surface area contributed by atoms with Crippen molar-refractivity contribution in [2.75, 3.05) is 32.8 Å². The number of hydrogen-bond donors (Lipinski definition) is 1. The molecule has 1 spiro atoms. The molecule has 2 fully saturated rings. The second-order valence-corrected chi connectivity index (χ2v) is 11.1. The number of ether oxygens (including phenoxy) is 1. The summed E-state index contributed by atoms with van der Waals surface area (Å²) in [5, 5.41) is 9.43. The number of allylic oxidation sites excluding steroid dienone is 1. The Hall–Kier alpha value is -1.80. The molecule has 1 unspecified atom stereocenters. The third-order valence-corrected chi connectivity index (χ3v) is 8.97. The van der Waals surface area contributed by atoms with Crippen LogP contribution in [0.1, 0.15) is 46.0 Å². The molecule has 0 saturated carbocycles. The van der Waals surface area contributed by atoms with Crippen LogP contribution in [0.4, 0.5) is 0 Å². The largest absolute Gasteiger partial charge is 0.465 e. The van der Waals surface area contributed by atoms with E-state index in [-0.39, 0.29) is 24.4 Å². The van der Waals surface area contributed by atoms with Gasteiger partial charge in [0.2, 0.25) is 11.8 Å². The number of esters is 1. The second-order valence-electron chi connectivity index (χ2n) is 9.36. The highest BCUT2D eigenvalue weighted by atomic mass is 32.2. The summed E-state index contributed by atoms with van der Waals surface area (Å²) in [7, 11) is 0. The van der Waals surface area contributed by atoms with Crippen molar-refractivity contribution >= 4 is 29.5 Å². The van der Waals surface area contributed by atoms with Crippen LogP contribution in [-0.4, -0.2) is 81.1 Å². The van der Waals surface area contributed by atoms with Gasteiger partial charge in [-0.15, -0.1) is 11.8 Å². The normalized spacial score (nSPS) is 37.7. The molecule has 2 saturated heterocycles. The molecule has 0 bridgehead atoms. The van der Waals surface area contributed by atoms with E-state index in [1.807, 2.05) is 24.0 Å². The highest BCUT2D eigenvalue weighted by Crippen LogP contribution is 2.65. The van der Waals surface area contributed by atoms with E-state index in [0.717, 1.165) is 25.7 Å². The Morgan fingerprint density at radius 2 is 1.94 bits per heavy atom. The fraction of sp³-hybridized carbons (Fsp3) is 0.708. The van der Waals surface area contributed by atoms with Crippen LogP contribution in [0.3, 0.4) is 0 Å². The van der Waals surface area contributed by atoms with E-state index >= 15 is 0 Å². The van der Waals surface area contributed by atoms with Gasteiger partial charge in [-0.3, -0.25) is 14.4 Å². The average molecular weight is 463 g/mol. The minimum atomic E-state index is -0.827. The Bertz CT molecular complexity index is 829. The topological polar surface area (TPSA) is 87.2 Å². The van der Waals surface area contributed by atoms with Gasteiger partial charge in [-0.2, -0.15) is 0 Å². The maximum Gasteiger partial charge on any atom is 0.311 e. The Balaban J connectivity index is 1.81. The van der Waals surface area contributed by atoms with Gasteiger partial charge < -0.3 is 19.6 Å². The average Bonchev–Trinajstić information content (AvgIpc) is 3.11. The first-order chi connectivity index (χ1) is 15.4. The van der Waals surface area contributed by atoms with Crippen molar-refractivity contribution in [1.82, 2.24) is 9.80 Å². The summed E-state index contributed by atoms with van der Waals surface area (Å²) in [5.41, 5.74) is 0. The summed E-state index contributed by atoms with van der Waals surface area (Å²) in [6.45, 7) is 5.82. The van der Waals surface area contributed by atoms with E-state index < -0.39 is 27.4 Å². The molecular weight excluding hydrogens is 428 g/mol. The van der Waals surface area contributed by atoms with Crippen molar-refractivity contribution in [1.29, 1.82) is 0 Å². The number of unbranched alkanes of at least 4 members (excludes halogenated alkanes) is 1. The lowest BCUT2D eigenvalue weighted by atomic mass is 9.74. The number of cyclic esters (lactones) is 1. The van der Waals surface area contributed by atoms with Crippen LogP contribution in [0, 0.1) is 11.8 Å². The summed E-state index contributed by atoms with van der Waals surface area (Å²) in [4.78, 5) is 44.4. The zero-order valence-corrected chi connectivity index (χ0v) is 19.8. The Morgan fingerprint density at radius 3 is 2.69 bits per heavy atom. The van der Waals surface area contributed by atoms with Gasteiger partial charge in [0.25, 0.3) is 0 Å². The zero-order chi connectivity index (χ0) is 22.9. The van der Waals surface area contributed by atoms with Gasteiger partial charge in [0.05, 0.1) is 23.2 Å². The molecule has 1 N–H and O–H groups in total. The smallest absolute Gasteiger partial charge is 0.311 e. The van der Waals surface area contributed by atoms with Gasteiger partial charge in [-0.05, 0) is 32.6 Å². The maximum absolute atomic E-state index is 13.9. The van der Waals surface area contributed by atoms with Gasteiger partial charge in [0, 0.05) is 31.0 Å². The summed E-state index contributed by atoms with van der Waals surface area (Å²) in [6.07, 6.45) is 12.0. The number of likely N-dealkylation sites (tertiary alicyclic amines) is 1. The van der Waals surface area contributed by atoms with E-state index in [9.17, 15) is 19.5 Å². The highest BCUT2D eigenvalue weighted by molar-refractivity contribution is 8.02. The van der Waals surface area contributed by atoms with Gasteiger partial charge >= 0.3 is 5.97 Å². The number of rotatable bonds is 6. The monoisotopic (exact) mass is 462 g/mol. The van der Waals surface area contributed by atoms with Gasteiger partial charge in [-0.1, -0.05) is 37.6 Å². The SMILES string of the molecule is CCCCN1CC=C[C@]23S[C@]4(C)/C=C\CCCOC(=O)[C@@H]4[C@H]2C(=O)N(CCCO)C3C1=O. The number of carbonyl (C=O) groups excluding carboxylic acids is 3. The molecule has 0 aromatic heterocycles. The lowest BCUT2D eigenvalue weighted by Crippen LogP contribution is -2.53. The van der Waals surface area contributed by atoms with E-state index in [0.29, 0.717) is 32.7 Å². The zero-order valence-electron chi connectivity index (χ0n) is 19.0. The van der Waals surface area contributed by atoms with Crippen LogP contribution in [0.2, 0.25) is 0 Å². The lowest BCUT2D eigenvalue weighted by molar-refractivity contribution is -0.154. The van der Waals surface area contributed by atoms with Crippen molar-refractivity contribution in [3.63, 3.8) is 0 Å². The van der Waals surface area contributed by atoms with Crippen molar-refractivity contribution in [2.24, 2.45) is 11.8 Å². The Morgan fingerprint density at radius 1 is 1.12 bits per heavy atom. The molecule has 2 amide bonds. The minimum Gasteiger partial charge on any atom is -0.465 e. The van der Waals surface area contributed by atoms with E-state index in [1.54, 1.807) is 16.7 Å². The van der Waals surface area contributed by atoms with Gasteiger partial charge in [0.15, 0.2) is 0 Å². The van der Waals surface area contributed by atoms with Crippen LogP contribution in [0.15, 0.2) is 24.3 Å². The molecule has 5 atom stereocenters. The molecular formula is C24H34N2O5S. The summed E-state index contributed by atoms with van der Waals surface area (Å²) in [6, 6.07) is -0.680. The van der Waals surface area contributed by atoms with Crippen LogP contribution in [0.5, 0.6) is 0 Å². The molecule has 7 nitrogen and oxygen atoms in total. The Labute approximate surface area is 194 Å². The number of thioether (sulfide) groups is 1. The van der Waals surface area contributed by atoms with Crippen molar-refractivity contribution in [2.45, 2.75) is 61.5 Å². The molecule has 4 rings (SSSR count). The third kappa shape index (κ3) is 3.69. The number of aliphatic hydroxyl groups is 1. The lowest BCUT2D eigenvalue weighted by Gasteiger charge is -2.36. The van der Waals surface area contributed by atoms with E-state index in [4.69, 9.17) is 4.74 Å². The maximum atomic E-state index is 13.9. The quantitative estimate of drug-likeness (QED) is 0.481. The summed E-state index contributed by atoms with van der Waals surface area (Å²) >= 11 is 1.57. The number of fused-ring (bicyclic) bond motifs is 2. The van der Waals surface area contributed by atoms with Crippen LogP contribution in [-0.2, 0) is 19.1 Å². The van der Waals surface area contributed by atoms with Gasteiger partial charge in [0.1, 0.15) is 6.04 Å². The molecule has 4 aliphatic heterocycles. The fourth-order valence-electron chi connectivity index (χ4n) is 5.71. The first-order valence-electron chi connectivity index (χ1n) is 11.8. The molecule has 0 aromatic carbocycles. The standard InChI is InChI=1S/C24H34N2O5S/c1-3-4-12-25-13-8-11-24-17(20(28)26(14-9-15-27)19(24)21(25)29)18-22(30)31-16-7-5-6-10-23(18,2)32-24/h6,8,10-11,17-19,27H,3-5,7,9,12-16H2,1-2H3/b10-6-/t17-,18-,19?,23+,24-/m0/s1. The summed E-state index contributed by atoms with van der Waals surface area (Å²) < 4.78 is 4.14. The predicted molar refractivity (Wildman–Crippen MR) is 123 cm³/mol. The number of hydrogen-bond acceptors (Lipinski definition) is 6. The third-order valence-electron chi connectivity index (χ3n) is 7.17. The first kappa shape index (κ1) is 23.4. The van der Waals surface area contributed by atoms with Crippen LogP contribution < -0.4 is 0 Å². The summed E-state index contributed by atoms with van der Waals surface area (Å²) in [5.74, 6) is -1.90. The van der Waals surface area contributed by atoms with Crippen LogP contribution in [0.25, 0.3) is 0 Å². The molecule has 0 aliphatic carbocycles. The number of carbonyl (C=O) groups is 3. The molecule has 0 radical (unpaired) electrons. The molecule has 0 aromatic rings. The van der Waals surface area contributed by atoms with E-state index in [2.05, 4.69) is 19.1 Å². The second kappa shape index (κ2) is 9.21. The number of nitrogens with zero attached hydrogens (tertiary/aromatic N) is 2. The van der Waals surface area contributed by atoms with Gasteiger partial charge in [-0.25, -0.2) is 0 Å². The van der Waals surface area contributed by atoms with Crippen molar-refractivity contribution < 1.29 is 24.2 Å². The first-order valence-corrected chi connectivity index (χ1v) is 12.6. The molecule has 8 heteroatoms. The van der Waals surface area contributed by atoms with E-state index in [1.165, 1.54) is 0 Å². The van der Waals surface area contributed by atoms with Crippen molar-refractivity contribution in [3.8, 4) is 0 Å². The molecule has 176 valence electrons. The number of aliphatic hydroxyl groups excluding tert-OH is 1. The van der Waals surface area contributed by atoms with Crippen molar-refractivity contribution in [3.05, 3.63) is 24.3 Å². The van der Waals surface area contributed by atoms with Crippen LogP contribution >= 0.6 is 11.8 Å². The highest BCUT2D eigenvalue weighted by Gasteiger charge is 2.73.